The number of ether oxygens (including phenoxy) is 1. The van der Waals surface area contributed by atoms with Gasteiger partial charge in [-0.3, -0.25) is 4.68 Å². The highest BCUT2D eigenvalue weighted by Gasteiger charge is 2.19. The van der Waals surface area contributed by atoms with E-state index in [4.69, 9.17) is 10.5 Å². The fraction of sp³-hybridized carbons (Fsp3) is 0.188. The van der Waals surface area contributed by atoms with Crippen molar-refractivity contribution in [1.82, 2.24) is 9.78 Å². The quantitative estimate of drug-likeness (QED) is 0.802. The average Bonchev–Trinajstić information content (AvgIpc) is 3.03. The van der Waals surface area contributed by atoms with E-state index in [9.17, 15) is 0 Å². The van der Waals surface area contributed by atoms with Gasteiger partial charge in [0.25, 0.3) is 0 Å². The molecule has 108 valence electrons. The maximum absolute atomic E-state index is 6.25. The van der Waals surface area contributed by atoms with Crippen molar-refractivity contribution < 1.29 is 4.74 Å². The van der Waals surface area contributed by atoms with Crippen molar-refractivity contribution >= 4 is 17.2 Å². The molecular formula is C16H17N3OS. The molecular weight excluding hydrogens is 282 g/mol. The van der Waals surface area contributed by atoms with Crippen LogP contribution in [0.4, 0.5) is 5.82 Å². The molecule has 5 heteroatoms. The lowest BCUT2D eigenvalue weighted by atomic mass is 10.0. The molecule has 0 aliphatic heterocycles. The highest BCUT2D eigenvalue weighted by Crippen LogP contribution is 2.39. The van der Waals surface area contributed by atoms with Crippen LogP contribution >= 0.6 is 11.3 Å². The second kappa shape index (κ2) is 5.26. The van der Waals surface area contributed by atoms with E-state index in [1.165, 1.54) is 5.56 Å². The van der Waals surface area contributed by atoms with Gasteiger partial charge in [-0.25, -0.2) is 0 Å². The summed E-state index contributed by atoms with van der Waals surface area (Å²) in [7, 11) is 3.53. The first kappa shape index (κ1) is 13.7. The van der Waals surface area contributed by atoms with Crippen LogP contribution in [0, 0.1) is 6.92 Å². The van der Waals surface area contributed by atoms with E-state index >= 15 is 0 Å². The largest absolute Gasteiger partial charge is 0.497 e. The lowest BCUT2D eigenvalue weighted by Gasteiger charge is -2.06. The number of hydrogen-bond donors (Lipinski definition) is 1. The van der Waals surface area contributed by atoms with E-state index in [0.717, 1.165) is 28.1 Å². The van der Waals surface area contributed by atoms with Gasteiger partial charge >= 0.3 is 0 Å². The van der Waals surface area contributed by atoms with Crippen molar-refractivity contribution in [2.24, 2.45) is 7.05 Å². The summed E-state index contributed by atoms with van der Waals surface area (Å²) in [6.07, 6.45) is 0. The number of benzene rings is 1. The molecule has 0 unspecified atom stereocenters. The van der Waals surface area contributed by atoms with Gasteiger partial charge in [0.15, 0.2) is 0 Å². The van der Waals surface area contributed by atoms with Crippen LogP contribution in [-0.2, 0) is 7.05 Å². The van der Waals surface area contributed by atoms with Crippen LogP contribution in [0.2, 0.25) is 0 Å². The zero-order valence-corrected chi connectivity index (χ0v) is 13.1. The Labute approximate surface area is 127 Å². The molecule has 1 aromatic carbocycles. The molecule has 0 aliphatic carbocycles. The Morgan fingerprint density at radius 2 is 2.10 bits per heavy atom. The topological polar surface area (TPSA) is 53.1 Å². The van der Waals surface area contributed by atoms with Crippen LogP contribution in [0.3, 0.4) is 0 Å². The molecule has 0 fully saturated rings. The van der Waals surface area contributed by atoms with Crippen LogP contribution in [0.25, 0.3) is 22.4 Å². The van der Waals surface area contributed by atoms with Gasteiger partial charge in [-0.15, -0.1) is 0 Å². The van der Waals surface area contributed by atoms with Crippen molar-refractivity contribution in [3.8, 4) is 28.1 Å². The van der Waals surface area contributed by atoms with Crippen molar-refractivity contribution in [3.63, 3.8) is 0 Å². The van der Waals surface area contributed by atoms with Crippen molar-refractivity contribution in [1.29, 1.82) is 0 Å². The number of nitrogens with two attached hydrogens (primary N) is 1. The average molecular weight is 299 g/mol. The summed E-state index contributed by atoms with van der Waals surface area (Å²) in [6.45, 7) is 2.09. The molecule has 3 aromatic rings. The molecule has 0 atom stereocenters. The Kier molecular flexibility index (Phi) is 3.43. The van der Waals surface area contributed by atoms with Crippen molar-refractivity contribution in [2.75, 3.05) is 12.8 Å². The molecule has 0 spiro atoms. The molecule has 0 saturated heterocycles. The van der Waals surface area contributed by atoms with E-state index in [1.807, 2.05) is 31.3 Å². The van der Waals surface area contributed by atoms with Crippen LogP contribution in [-0.4, -0.2) is 16.9 Å². The van der Waals surface area contributed by atoms with Gasteiger partial charge in [-0.1, -0.05) is 12.1 Å². The molecule has 0 radical (unpaired) electrons. The molecule has 0 saturated carbocycles. The summed E-state index contributed by atoms with van der Waals surface area (Å²) in [4.78, 5) is 0. The Hall–Kier alpha value is -2.27. The number of nitrogens with zero attached hydrogens (tertiary/aromatic N) is 2. The number of anilines is 1. The van der Waals surface area contributed by atoms with Crippen molar-refractivity contribution in [3.05, 3.63) is 40.6 Å². The maximum Gasteiger partial charge on any atom is 0.129 e. The molecule has 4 nitrogen and oxygen atoms in total. The summed E-state index contributed by atoms with van der Waals surface area (Å²) in [5.74, 6) is 1.47. The first-order chi connectivity index (χ1) is 10.1. The molecule has 2 N–H and O–H groups in total. The molecule has 0 amide bonds. The second-order valence-corrected chi connectivity index (χ2v) is 5.68. The fourth-order valence-electron chi connectivity index (χ4n) is 2.39. The van der Waals surface area contributed by atoms with Crippen molar-refractivity contribution in [2.45, 2.75) is 6.92 Å². The van der Waals surface area contributed by atoms with Gasteiger partial charge in [0.1, 0.15) is 17.3 Å². The Balaban J connectivity index is 2.24. The third kappa shape index (κ3) is 2.29. The van der Waals surface area contributed by atoms with Crippen LogP contribution in [0.15, 0.2) is 35.0 Å². The summed E-state index contributed by atoms with van der Waals surface area (Å²) < 4.78 is 7.03. The van der Waals surface area contributed by atoms with Crippen LogP contribution < -0.4 is 10.5 Å². The lowest BCUT2D eigenvalue weighted by Crippen LogP contribution is -1.98. The highest BCUT2D eigenvalue weighted by molar-refractivity contribution is 7.08. The normalized spacial score (nSPS) is 10.8. The zero-order valence-electron chi connectivity index (χ0n) is 12.3. The first-order valence-electron chi connectivity index (χ1n) is 6.62. The smallest absolute Gasteiger partial charge is 0.129 e. The minimum absolute atomic E-state index is 0.656. The number of nitrogen functional groups attached to an aromatic ring is 1. The molecule has 2 aromatic heterocycles. The van der Waals surface area contributed by atoms with Gasteiger partial charge in [0, 0.05) is 18.0 Å². The number of thiophene rings is 1. The van der Waals surface area contributed by atoms with Gasteiger partial charge in [-0.2, -0.15) is 16.4 Å². The molecule has 3 rings (SSSR count). The van der Waals surface area contributed by atoms with Gasteiger partial charge in [0.2, 0.25) is 0 Å². The maximum atomic E-state index is 6.25. The van der Waals surface area contributed by atoms with E-state index in [0.29, 0.717) is 5.82 Å². The van der Waals surface area contributed by atoms with Gasteiger partial charge in [-0.05, 0) is 35.6 Å². The molecule has 21 heavy (non-hydrogen) atoms. The monoisotopic (exact) mass is 299 g/mol. The van der Waals surface area contributed by atoms with E-state index in [2.05, 4.69) is 22.8 Å². The number of rotatable bonds is 3. The number of hydrogen-bond acceptors (Lipinski definition) is 4. The summed E-state index contributed by atoms with van der Waals surface area (Å²) in [5.41, 5.74) is 11.5. The van der Waals surface area contributed by atoms with E-state index in [-0.39, 0.29) is 0 Å². The standard InChI is InChI=1S/C16H17N3OS/c1-10-8-21-9-13(10)15-14(16(17)19(2)18-15)11-5-4-6-12(7-11)20-3/h4-9H,17H2,1-3H3. The zero-order chi connectivity index (χ0) is 15.0. The number of aryl methyl sites for hydroxylation is 2. The van der Waals surface area contributed by atoms with E-state index in [1.54, 1.807) is 23.1 Å². The Bertz CT molecular complexity index is 789. The number of methoxy groups -OCH3 is 1. The Morgan fingerprint density at radius 1 is 1.29 bits per heavy atom. The van der Waals surface area contributed by atoms with Crippen LogP contribution in [0.5, 0.6) is 5.75 Å². The predicted octanol–water partition coefficient (Wildman–Crippen LogP) is 3.71. The minimum Gasteiger partial charge on any atom is -0.497 e. The fourth-order valence-corrected chi connectivity index (χ4v) is 3.22. The third-order valence-corrected chi connectivity index (χ3v) is 4.42. The third-order valence-electron chi connectivity index (χ3n) is 3.56. The summed E-state index contributed by atoms with van der Waals surface area (Å²) >= 11 is 1.67. The first-order valence-corrected chi connectivity index (χ1v) is 7.56. The summed E-state index contributed by atoms with van der Waals surface area (Å²) in [5, 5.41) is 8.84. The van der Waals surface area contributed by atoms with Crippen LogP contribution in [0.1, 0.15) is 5.56 Å². The minimum atomic E-state index is 0.656. The summed E-state index contributed by atoms with van der Waals surface area (Å²) in [6, 6.07) is 7.90. The molecule has 0 aliphatic rings. The molecule has 0 bridgehead atoms. The SMILES string of the molecule is COc1cccc(-c2c(-c3cscc3C)nn(C)c2N)c1. The van der Waals surface area contributed by atoms with Gasteiger partial charge < -0.3 is 10.5 Å². The predicted molar refractivity (Wildman–Crippen MR) is 87.7 cm³/mol. The lowest BCUT2D eigenvalue weighted by molar-refractivity contribution is 0.415. The second-order valence-electron chi connectivity index (χ2n) is 4.93. The van der Waals surface area contributed by atoms with E-state index < -0.39 is 0 Å². The highest BCUT2D eigenvalue weighted by atomic mass is 32.1. The molecule has 2 heterocycles. The Morgan fingerprint density at radius 3 is 2.76 bits per heavy atom. The number of aromatic nitrogens is 2. The van der Waals surface area contributed by atoms with Gasteiger partial charge in [0.05, 0.1) is 12.7 Å².